The molecule has 4 heteroatoms. The van der Waals surface area contributed by atoms with Gasteiger partial charge in [0.05, 0.1) is 50.9 Å². The molecule has 0 saturated heterocycles. The minimum Gasteiger partial charge on any atom is -0.374 e. The van der Waals surface area contributed by atoms with Gasteiger partial charge in [-0.2, -0.15) is 0 Å². The standard InChI is InChI=1S/C58H40N4/c1-7-19-39(20-8-1)53-45-31-33-47(59-45)54(40-21-9-2-10-22-40)49-35-37-51-56(42-25-13-4-14-26-42)52-38-36-50(55(41-23-11-3-12-24-41)48-34-32-46(53)60-48)62(52)58(44-29-17-6-18-30-44)57(61(49)51)43-27-15-5-16-28-43/h1-38,47,59H/b53-45-,54-49-,55-48-. The van der Waals surface area contributed by atoms with Crippen LogP contribution in [0.4, 0.5) is 0 Å². The number of allylic oxidation sites excluding steroid dienone is 4. The maximum atomic E-state index is 5.62. The first-order valence-corrected chi connectivity index (χ1v) is 21.3. The third-order valence-corrected chi connectivity index (χ3v) is 12.3. The van der Waals surface area contributed by atoms with Crippen LogP contribution in [0.3, 0.4) is 0 Å². The zero-order chi connectivity index (χ0) is 41.0. The van der Waals surface area contributed by atoms with Gasteiger partial charge in [-0.15, -0.1) is 0 Å². The third-order valence-electron chi connectivity index (χ3n) is 12.3. The number of benzene rings is 6. The highest BCUT2D eigenvalue weighted by Crippen LogP contribution is 2.42. The van der Waals surface area contributed by atoms with Gasteiger partial charge in [0.1, 0.15) is 0 Å². The van der Waals surface area contributed by atoms with E-state index in [1.165, 1.54) is 5.57 Å². The maximum Gasteiger partial charge on any atom is 0.0782 e. The Balaban J connectivity index is 1.35. The lowest BCUT2D eigenvalue weighted by Crippen LogP contribution is -2.35. The maximum absolute atomic E-state index is 5.62. The molecule has 6 bridgehead atoms. The van der Waals surface area contributed by atoms with Crippen molar-refractivity contribution in [2.75, 3.05) is 0 Å². The summed E-state index contributed by atoms with van der Waals surface area (Å²) in [5, 5.41) is 6.29. The number of hydrogen-bond acceptors (Lipinski definition) is 2. The van der Waals surface area contributed by atoms with E-state index >= 15 is 0 Å². The molecule has 0 spiro atoms. The Morgan fingerprint density at radius 3 is 1.39 bits per heavy atom. The molecular weight excluding hydrogens is 753 g/mol. The van der Waals surface area contributed by atoms with E-state index in [-0.39, 0.29) is 6.04 Å². The molecule has 4 aliphatic heterocycles. The zero-order valence-electron chi connectivity index (χ0n) is 33.9. The smallest absolute Gasteiger partial charge is 0.0782 e. The lowest BCUT2D eigenvalue weighted by molar-refractivity contribution is 0.850. The first-order valence-electron chi connectivity index (χ1n) is 21.3. The average Bonchev–Trinajstić information content (AvgIpc) is 4.17. The van der Waals surface area contributed by atoms with Gasteiger partial charge in [-0.05, 0) is 64.7 Å². The predicted octanol–water partition coefficient (Wildman–Crippen LogP) is 10.7. The number of aliphatic imine (C=N–C) groups is 1. The van der Waals surface area contributed by atoms with Crippen LogP contribution in [-0.4, -0.2) is 20.9 Å². The Kier molecular flexibility index (Phi) is 8.53. The summed E-state index contributed by atoms with van der Waals surface area (Å²) in [6.45, 7) is 0. The van der Waals surface area contributed by atoms with E-state index < -0.39 is 0 Å². The second kappa shape index (κ2) is 14.8. The largest absolute Gasteiger partial charge is 0.374 e. The van der Waals surface area contributed by atoms with Crippen LogP contribution in [0, 0.1) is 0 Å². The molecule has 292 valence electrons. The fraction of sp³-hybridized carbons (Fsp3) is 0.0172. The quantitative estimate of drug-likeness (QED) is 0.179. The highest BCUT2D eigenvalue weighted by Gasteiger charge is 2.33. The molecule has 6 heterocycles. The minimum absolute atomic E-state index is 0.161. The van der Waals surface area contributed by atoms with Crippen molar-refractivity contribution >= 4 is 39.4 Å². The van der Waals surface area contributed by atoms with E-state index in [1.54, 1.807) is 0 Å². The molecule has 12 rings (SSSR count). The van der Waals surface area contributed by atoms with Crippen LogP contribution in [0.5, 0.6) is 0 Å². The summed E-state index contributed by atoms with van der Waals surface area (Å²) in [4.78, 5) is 5.62. The van der Waals surface area contributed by atoms with E-state index in [0.29, 0.717) is 0 Å². The molecule has 0 fully saturated rings. The van der Waals surface area contributed by atoms with Crippen molar-refractivity contribution in [1.29, 1.82) is 0 Å². The predicted molar refractivity (Wildman–Crippen MR) is 254 cm³/mol. The molecule has 2 aromatic heterocycles. The van der Waals surface area contributed by atoms with Crippen molar-refractivity contribution in [3.63, 3.8) is 0 Å². The number of hydrogen-bond donors (Lipinski definition) is 1. The van der Waals surface area contributed by atoms with Gasteiger partial charge < -0.3 is 14.5 Å². The summed E-state index contributed by atoms with van der Waals surface area (Å²) >= 11 is 0. The molecule has 1 unspecified atom stereocenters. The van der Waals surface area contributed by atoms with Crippen LogP contribution in [0.1, 0.15) is 44.8 Å². The van der Waals surface area contributed by atoms with Gasteiger partial charge in [0, 0.05) is 39.1 Å². The Labute approximate surface area is 360 Å². The van der Waals surface area contributed by atoms with Crippen LogP contribution < -0.4 is 16.0 Å². The van der Waals surface area contributed by atoms with Crippen molar-refractivity contribution < 1.29 is 0 Å². The summed E-state index contributed by atoms with van der Waals surface area (Å²) in [5.74, 6) is 0. The summed E-state index contributed by atoms with van der Waals surface area (Å²) in [5.41, 5.74) is 18.3. The zero-order valence-corrected chi connectivity index (χ0v) is 33.9. The molecule has 62 heavy (non-hydrogen) atoms. The van der Waals surface area contributed by atoms with Crippen molar-refractivity contribution in [2.24, 2.45) is 4.99 Å². The monoisotopic (exact) mass is 792 g/mol. The summed E-state index contributed by atoms with van der Waals surface area (Å²) in [6.07, 6.45) is 8.97. The van der Waals surface area contributed by atoms with Crippen LogP contribution in [-0.2, 0) is 0 Å². The molecule has 8 aromatic rings. The summed E-state index contributed by atoms with van der Waals surface area (Å²) in [6, 6.07) is 74.2. The molecule has 1 N–H and O–H groups in total. The van der Waals surface area contributed by atoms with Crippen LogP contribution in [0.25, 0.3) is 33.7 Å². The second-order valence-electron chi connectivity index (χ2n) is 15.9. The van der Waals surface area contributed by atoms with Gasteiger partial charge in [-0.25, -0.2) is 4.99 Å². The molecule has 0 radical (unpaired) electrons. The van der Waals surface area contributed by atoms with Gasteiger partial charge in [0.2, 0.25) is 0 Å². The Morgan fingerprint density at radius 1 is 0.371 bits per heavy atom. The second-order valence-corrected chi connectivity index (χ2v) is 15.9. The van der Waals surface area contributed by atoms with Gasteiger partial charge in [-0.3, -0.25) is 0 Å². The highest BCUT2D eigenvalue weighted by atomic mass is 15.1. The fourth-order valence-corrected chi connectivity index (χ4v) is 9.72. The molecule has 4 aliphatic rings. The lowest BCUT2D eigenvalue weighted by atomic mass is 9.97. The van der Waals surface area contributed by atoms with Crippen molar-refractivity contribution in [2.45, 2.75) is 6.04 Å². The first kappa shape index (κ1) is 35.7. The van der Waals surface area contributed by atoms with Gasteiger partial charge in [0.15, 0.2) is 0 Å². The average molecular weight is 793 g/mol. The normalized spacial score (nSPS) is 19.6. The molecular formula is C58H40N4. The van der Waals surface area contributed by atoms with E-state index in [1.807, 2.05) is 0 Å². The molecule has 0 aliphatic carbocycles. The molecule has 4 nitrogen and oxygen atoms in total. The highest BCUT2D eigenvalue weighted by molar-refractivity contribution is 6.32. The van der Waals surface area contributed by atoms with Gasteiger partial charge >= 0.3 is 0 Å². The Bertz CT molecular complexity index is 3360. The van der Waals surface area contributed by atoms with Crippen LogP contribution in [0.15, 0.2) is 247 Å². The van der Waals surface area contributed by atoms with Crippen molar-refractivity contribution in [3.8, 4) is 0 Å². The number of aromatic nitrogens is 2. The minimum atomic E-state index is -0.161. The van der Waals surface area contributed by atoms with E-state index in [4.69, 9.17) is 4.99 Å². The van der Waals surface area contributed by atoms with E-state index in [9.17, 15) is 0 Å². The van der Waals surface area contributed by atoms with Gasteiger partial charge in [-0.1, -0.05) is 188 Å². The molecule has 1 atom stereocenters. The lowest BCUT2D eigenvalue weighted by Gasteiger charge is -2.24. The number of fused-ring (bicyclic) bond motifs is 3. The summed E-state index contributed by atoms with van der Waals surface area (Å²) in [7, 11) is 0. The number of rotatable bonds is 6. The van der Waals surface area contributed by atoms with E-state index in [0.717, 1.165) is 101 Å². The topological polar surface area (TPSA) is 34.2 Å². The number of nitrogens with zero attached hydrogens (tertiary/aromatic N) is 3. The molecule has 0 amide bonds. The van der Waals surface area contributed by atoms with Crippen LogP contribution >= 0.6 is 0 Å². The summed E-state index contributed by atoms with van der Waals surface area (Å²) < 4.78 is 5.07. The van der Waals surface area contributed by atoms with Crippen LogP contribution in [0.2, 0.25) is 0 Å². The first-order chi connectivity index (χ1) is 30.8. The number of nitrogens with one attached hydrogen (secondary N) is 1. The van der Waals surface area contributed by atoms with Crippen molar-refractivity contribution in [1.82, 2.24) is 14.5 Å². The van der Waals surface area contributed by atoms with Crippen molar-refractivity contribution in [3.05, 3.63) is 297 Å². The fourth-order valence-electron chi connectivity index (χ4n) is 9.72. The Morgan fingerprint density at radius 2 is 0.823 bits per heavy atom. The SMILES string of the molecule is C1=C/C2=C(\c3ccccc3)c3ccc4n3C(c3ccccc3)=C(c3ccccc3)n3c(cc/c3=C(\c3ccccc3)C3C=C/C(=C(\c5ccccc5)C1=N2)N3)=C4c1ccccc1. The molecule has 6 aromatic carbocycles. The third kappa shape index (κ3) is 5.80. The molecule has 0 saturated carbocycles. The van der Waals surface area contributed by atoms with Gasteiger partial charge in [0.25, 0.3) is 0 Å². The Hall–Kier alpha value is -8.21. The van der Waals surface area contributed by atoms with E-state index in [2.05, 4.69) is 245 Å².